The molecule has 1 fully saturated rings. The highest BCUT2D eigenvalue weighted by Crippen LogP contribution is 2.30. The number of rotatable bonds is 4. The van der Waals surface area contributed by atoms with Crippen molar-refractivity contribution in [1.29, 1.82) is 0 Å². The van der Waals surface area contributed by atoms with Crippen LogP contribution in [0.15, 0.2) is 48.8 Å². The van der Waals surface area contributed by atoms with Crippen molar-refractivity contribution in [3.05, 3.63) is 59.9 Å². The molecular formula is C18H16F3N3O2. The molecule has 2 heterocycles. The minimum Gasteiger partial charge on any atom is -0.338 e. The minimum absolute atomic E-state index is 0.0328. The van der Waals surface area contributed by atoms with Crippen LogP contribution in [0.3, 0.4) is 0 Å². The van der Waals surface area contributed by atoms with Crippen molar-refractivity contribution >= 4 is 17.5 Å². The van der Waals surface area contributed by atoms with Crippen LogP contribution < -0.4 is 5.32 Å². The van der Waals surface area contributed by atoms with E-state index in [0.29, 0.717) is 11.3 Å². The minimum atomic E-state index is -4.43. The maximum atomic E-state index is 12.8. The maximum absolute atomic E-state index is 12.8. The molecule has 1 N–H and O–H groups in total. The molecule has 0 aliphatic carbocycles. The summed E-state index contributed by atoms with van der Waals surface area (Å²) in [6.45, 7) is 0.209. The van der Waals surface area contributed by atoms with E-state index in [0.717, 1.165) is 12.1 Å². The number of likely N-dealkylation sites (tertiary alicyclic amines) is 1. The molecule has 1 aliphatic heterocycles. The summed E-state index contributed by atoms with van der Waals surface area (Å²) < 4.78 is 38.4. The molecule has 0 spiro atoms. The molecule has 3 rings (SSSR count). The van der Waals surface area contributed by atoms with Crippen LogP contribution >= 0.6 is 0 Å². The molecule has 1 aromatic carbocycles. The number of halogens is 3. The van der Waals surface area contributed by atoms with Crippen LogP contribution in [-0.2, 0) is 22.3 Å². The summed E-state index contributed by atoms with van der Waals surface area (Å²) in [5.41, 5.74) is 0.148. The van der Waals surface area contributed by atoms with Gasteiger partial charge in [0.2, 0.25) is 11.8 Å². The number of nitrogens with one attached hydrogen (secondary N) is 1. The van der Waals surface area contributed by atoms with E-state index in [9.17, 15) is 22.8 Å². The predicted molar refractivity (Wildman–Crippen MR) is 87.8 cm³/mol. The summed E-state index contributed by atoms with van der Waals surface area (Å²) in [6.07, 6.45) is -1.33. The van der Waals surface area contributed by atoms with E-state index >= 15 is 0 Å². The van der Waals surface area contributed by atoms with Gasteiger partial charge in [-0.1, -0.05) is 12.1 Å². The average Bonchev–Trinajstić information content (AvgIpc) is 2.96. The molecule has 5 nitrogen and oxygen atoms in total. The van der Waals surface area contributed by atoms with Gasteiger partial charge in [-0.15, -0.1) is 0 Å². The molecule has 1 aliphatic rings. The quantitative estimate of drug-likeness (QED) is 0.908. The number of carbonyl (C=O) groups is 2. The second-order valence-electron chi connectivity index (χ2n) is 6.10. The summed E-state index contributed by atoms with van der Waals surface area (Å²) in [7, 11) is 0. The zero-order valence-corrected chi connectivity index (χ0v) is 13.7. The number of carbonyl (C=O) groups excluding carboxylic acids is 2. The number of hydrogen-bond donors (Lipinski definition) is 1. The Balaban J connectivity index is 1.64. The largest absolute Gasteiger partial charge is 0.416 e. The fourth-order valence-corrected chi connectivity index (χ4v) is 2.85. The van der Waals surface area contributed by atoms with Crippen LogP contribution in [0.5, 0.6) is 0 Å². The van der Waals surface area contributed by atoms with Gasteiger partial charge in [-0.3, -0.25) is 14.6 Å². The molecule has 0 saturated carbocycles. The lowest BCUT2D eigenvalue weighted by molar-refractivity contribution is -0.137. The lowest BCUT2D eigenvalue weighted by atomic mass is 10.1. The third-order valence-corrected chi connectivity index (χ3v) is 4.14. The molecule has 1 aromatic heterocycles. The zero-order chi connectivity index (χ0) is 18.7. The molecule has 26 heavy (non-hydrogen) atoms. The number of alkyl halides is 3. The first-order chi connectivity index (χ1) is 12.3. The van der Waals surface area contributed by atoms with Gasteiger partial charge in [0.15, 0.2) is 0 Å². The standard InChI is InChI=1S/C18H16F3N3O2/c19-18(20,21)14-4-1-3-12(7-14)10-24-11-13(8-16(24)25)17(26)23-15-5-2-6-22-9-15/h1-7,9,13H,8,10-11H2,(H,23,26). The van der Waals surface area contributed by atoms with E-state index in [2.05, 4.69) is 10.3 Å². The zero-order valence-electron chi connectivity index (χ0n) is 13.7. The van der Waals surface area contributed by atoms with Crippen LogP contribution in [0.2, 0.25) is 0 Å². The van der Waals surface area contributed by atoms with Gasteiger partial charge in [-0.25, -0.2) is 0 Å². The van der Waals surface area contributed by atoms with Crippen LogP contribution in [0, 0.1) is 5.92 Å². The summed E-state index contributed by atoms with van der Waals surface area (Å²) >= 11 is 0. The van der Waals surface area contributed by atoms with Crippen LogP contribution in [0.25, 0.3) is 0 Å². The fraction of sp³-hybridized carbons (Fsp3) is 0.278. The first kappa shape index (κ1) is 17.9. The Kier molecular flexibility index (Phi) is 4.92. The Hall–Kier alpha value is -2.90. The van der Waals surface area contributed by atoms with Gasteiger partial charge in [-0.05, 0) is 29.8 Å². The summed E-state index contributed by atoms with van der Waals surface area (Å²) in [6, 6.07) is 8.21. The van der Waals surface area contributed by atoms with E-state index in [1.54, 1.807) is 18.3 Å². The van der Waals surface area contributed by atoms with Crippen LogP contribution in [0.4, 0.5) is 18.9 Å². The number of amides is 2. The van der Waals surface area contributed by atoms with Gasteiger partial charge in [0.1, 0.15) is 0 Å². The fourth-order valence-electron chi connectivity index (χ4n) is 2.85. The smallest absolute Gasteiger partial charge is 0.338 e. The van der Waals surface area contributed by atoms with Gasteiger partial charge < -0.3 is 10.2 Å². The lowest BCUT2D eigenvalue weighted by Gasteiger charge is -2.17. The Labute approximate surface area is 147 Å². The number of hydrogen-bond acceptors (Lipinski definition) is 3. The highest BCUT2D eigenvalue weighted by molar-refractivity contribution is 5.97. The molecular weight excluding hydrogens is 347 g/mol. The molecule has 1 saturated heterocycles. The normalized spacial score (nSPS) is 17.4. The van der Waals surface area contributed by atoms with Gasteiger partial charge in [0.25, 0.3) is 0 Å². The van der Waals surface area contributed by atoms with Crippen molar-refractivity contribution in [3.63, 3.8) is 0 Å². The summed E-state index contributed by atoms with van der Waals surface area (Å²) in [5.74, 6) is -1.11. The number of benzene rings is 1. The molecule has 2 aromatic rings. The predicted octanol–water partition coefficient (Wildman–Crippen LogP) is 3.09. The van der Waals surface area contributed by atoms with E-state index < -0.39 is 17.7 Å². The van der Waals surface area contributed by atoms with Crippen molar-refractivity contribution < 1.29 is 22.8 Å². The Bertz CT molecular complexity index is 809. The first-order valence-electron chi connectivity index (χ1n) is 7.98. The number of anilines is 1. The average molecular weight is 363 g/mol. The van der Waals surface area contributed by atoms with E-state index in [4.69, 9.17) is 0 Å². The van der Waals surface area contributed by atoms with Crippen molar-refractivity contribution in [1.82, 2.24) is 9.88 Å². The van der Waals surface area contributed by atoms with Crippen LogP contribution in [-0.4, -0.2) is 28.2 Å². The molecule has 136 valence electrons. The Morgan fingerprint density at radius 2 is 2.08 bits per heavy atom. The molecule has 1 atom stereocenters. The summed E-state index contributed by atoms with van der Waals surface area (Å²) in [4.78, 5) is 29.7. The van der Waals surface area contributed by atoms with Gasteiger partial charge >= 0.3 is 6.18 Å². The third kappa shape index (κ3) is 4.19. The van der Waals surface area contributed by atoms with Gasteiger partial charge in [0.05, 0.1) is 23.4 Å². The van der Waals surface area contributed by atoms with E-state index in [1.807, 2.05) is 0 Å². The van der Waals surface area contributed by atoms with Crippen molar-refractivity contribution in [2.45, 2.75) is 19.1 Å². The second-order valence-corrected chi connectivity index (χ2v) is 6.10. The number of nitrogens with zero attached hydrogens (tertiary/aromatic N) is 2. The molecule has 0 radical (unpaired) electrons. The van der Waals surface area contributed by atoms with Gasteiger partial charge in [-0.2, -0.15) is 13.2 Å². The number of aromatic nitrogens is 1. The molecule has 1 unspecified atom stereocenters. The Morgan fingerprint density at radius 1 is 1.27 bits per heavy atom. The van der Waals surface area contributed by atoms with Crippen molar-refractivity contribution in [2.75, 3.05) is 11.9 Å². The second kappa shape index (κ2) is 7.15. The van der Waals surface area contributed by atoms with E-state index in [-0.39, 0.29) is 31.3 Å². The molecule has 8 heteroatoms. The molecule has 2 amide bonds. The van der Waals surface area contributed by atoms with Gasteiger partial charge in [0, 0.05) is 25.7 Å². The van der Waals surface area contributed by atoms with E-state index in [1.165, 1.54) is 23.2 Å². The van der Waals surface area contributed by atoms with Crippen molar-refractivity contribution in [3.8, 4) is 0 Å². The third-order valence-electron chi connectivity index (χ3n) is 4.14. The Morgan fingerprint density at radius 3 is 2.77 bits per heavy atom. The maximum Gasteiger partial charge on any atom is 0.416 e. The highest BCUT2D eigenvalue weighted by Gasteiger charge is 2.35. The highest BCUT2D eigenvalue weighted by atomic mass is 19.4. The SMILES string of the molecule is O=C(Nc1cccnc1)C1CC(=O)N(Cc2cccc(C(F)(F)F)c2)C1. The summed E-state index contributed by atoms with van der Waals surface area (Å²) in [5, 5.41) is 2.69. The topological polar surface area (TPSA) is 62.3 Å². The lowest BCUT2D eigenvalue weighted by Crippen LogP contribution is -2.28. The van der Waals surface area contributed by atoms with Crippen LogP contribution in [0.1, 0.15) is 17.5 Å². The first-order valence-corrected chi connectivity index (χ1v) is 7.98. The molecule has 0 bridgehead atoms. The van der Waals surface area contributed by atoms with Crippen molar-refractivity contribution in [2.24, 2.45) is 5.92 Å². The number of pyridine rings is 1. The monoisotopic (exact) mass is 363 g/mol.